The first kappa shape index (κ1) is 24.1. The minimum Gasteiger partial charge on any atom is -0.233 e. The van der Waals surface area contributed by atoms with Crippen LogP contribution in [0.15, 0.2) is 64.1 Å². The highest BCUT2D eigenvalue weighted by atomic mass is 35.5. The monoisotopic (exact) mass is 514 g/mol. The Bertz CT molecular complexity index is 1170. The van der Waals surface area contributed by atoms with E-state index in [4.69, 9.17) is 23.2 Å². The summed E-state index contributed by atoms with van der Waals surface area (Å²) in [4.78, 5) is 0. The van der Waals surface area contributed by atoms with Crippen molar-refractivity contribution in [3.05, 3.63) is 70.7 Å². The molecule has 4 rings (SSSR count). The number of hydrogen-bond acceptors (Lipinski definition) is 3. The number of hydrazone groups is 1. The number of hydrogen-bond donors (Lipinski definition) is 0. The van der Waals surface area contributed by atoms with Crippen LogP contribution in [0, 0.1) is 0 Å². The van der Waals surface area contributed by atoms with Gasteiger partial charge in [-0.15, -0.1) is 4.40 Å². The fourth-order valence-corrected chi connectivity index (χ4v) is 5.81. The van der Waals surface area contributed by atoms with Crippen molar-refractivity contribution in [3.8, 4) is 0 Å². The molecule has 2 atom stereocenters. The standard InChI is InChI=1S/C22H22Cl2F2N4O2S/c1-15-19(16-6-3-2-4-7-16)20(17-8-10-18(23)11-9-17)27-30(15)21(24)28-33(31,32)29-13-5-12-22(25,26)14-29/h2-4,6-11,15,19H,5,12-14H2,1H3/t15-,19+/m0/s1. The first-order chi connectivity index (χ1) is 15.6. The quantitative estimate of drug-likeness (QED) is 0.323. The molecule has 0 saturated carbocycles. The van der Waals surface area contributed by atoms with Crippen molar-refractivity contribution in [1.82, 2.24) is 9.31 Å². The molecule has 1 saturated heterocycles. The lowest BCUT2D eigenvalue weighted by Gasteiger charge is -2.30. The summed E-state index contributed by atoms with van der Waals surface area (Å²) in [5, 5.41) is 6.09. The highest BCUT2D eigenvalue weighted by molar-refractivity contribution is 7.88. The molecule has 2 aromatic carbocycles. The number of halogens is 4. The summed E-state index contributed by atoms with van der Waals surface area (Å²) in [7, 11) is -4.40. The van der Waals surface area contributed by atoms with E-state index in [1.807, 2.05) is 49.4 Å². The van der Waals surface area contributed by atoms with Gasteiger partial charge in [0.25, 0.3) is 5.92 Å². The van der Waals surface area contributed by atoms with Gasteiger partial charge in [0.1, 0.15) is 0 Å². The maximum Gasteiger partial charge on any atom is 0.325 e. The average Bonchev–Trinajstić information content (AvgIpc) is 3.11. The summed E-state index contributed by atoms with van der Waals surface area (Å²) in [6.07, 6.45) is -0.304. The largest absolute Gasteiger partial charge is 0.325 e. The topological polar surface area (TPSA) is 65.3 Å². The Morgan fingerprint density at radius 1 is 1.15 bits per heavy atom. The van der Waals surface area contributed by atoms with Crippen molar-refractivity contribution in [1.29, 1.82) is 0 Å². The molecule has 0 N–H and O–H groups in total. The predicted molar refractivity (Wildman–Crippen MR) is 126 cm³/mol. The molecule has 2 aliphatic heterocycles. The molecule has 2 aromatic rings. The first-order valence-corrected chi connectivity index (χ1v) is 12.5. The number of benzene rings is 2. The van der Waals surface area contributed by atoms with Crippen LogP contribution in [0.5, 0.6) is 0 Å². The van der Waals surface area contributed by atoms with E-state index >= 15 is 0 Å². The van der Waals surface area contributed by atoms with Crippen molar-refractivity contribution in [2.75, 3.05) is 13.1 Å². The minimum absolute atomic E-state index is 0.0346. The number of rotatable bonds is 4. The molecule has 0 aromatic heterocycles. The Morgan fingerprint density at radius 2 is 1.82 bits per heavy atom. The van der Waals surface area contributed by atoms with Crippen molar-refractivity contribution < 1.29 is 17.2 Å². The third kappa shape index (κ3) is 5.21. The summed E-state index contributed by atoms with van der Waals surface area (Å²) < 4.78 is 57.3. The SMILES string of the molecule is C[C@H]1[C@H](c2ccccc2)C(c2ccc(Cl)cc2)=NN1C(Cl)=NS(=O)(=O)N1CCCC(F)(F)C1. The second-order valence-corrected chi connectivity index (χ2v) is 10.5. The third-order valence-electron chi connectivity index (χ3n) is 5.74. The van der Waals surface area contributed by atoms with E-state index in [0.717, 1.165) is 11.1 Å². The summed E-state index contributed by atoms with van der Waals surface area (Å²) in [5.41, 5.74) is 2.43. The van der Waals surface area contributed by atoms with Gasteiger partial charge in [-0.3, -0.25) is 0 Å². The molecular weight excluding hydrogens is 493 g/mol. The maximum absolute atomic E-state index is 13.8. The Morgan fingerprint density at radius 3 is 2.45 bits per heavy atom. The van der Waals surface area contributed by atoms with Crippen LogP contribution in [0.4, 0.5) is 8.78 Å². The van der Waals surface area contributed by atoms with E-state index in [1.54, 1.807) is 12.1 Å². The van der Waals surface area contributed by atoms with Crippen LogP contribution in [0.3, 0.4) is 0 Å². The molecule has 2 heterocycles. The number of piperidine rings is 1. The van der Waals surface area contributed by atoms with Crippen LogP contribution in [0.1, 0.15) is 36.8 Å². The van der Waals surface area contributed by atoms with E-state index in [0.29, 0.717) is 15.0 Å². The van der Waals surface area contributed by atoms with Gasteiger partial charge in [0.15, 0.2) is 0 Å². The highest BCUT2D eigenvalue weighted by Gasteiger charge is 2.42. The highest BCUT2D eigenvalue weighted by Crippen LogP contribution is 2.36. The molecule has 6 nitrogen and oxygen atoms in total. The summed E-state index contributed by atoms with van der Waals surface area (Å²) in [5.74, 6) is -3.33. The maximum atomic E-state index is 13.8. The molecule has 0 spiro atoms. The fraction of sp³-hybridized carbons (Fsp3) is 0.364. The van der Waals surface area contributed by atoms with Gasteiger partial charge >= 0.3 is 10.2 Å². The predicted octanol–water partition coefficient (Wildman–Crippen LogP) is 5.10. The van der Waals surface area contributed by atoms with Crippen LogP contribution >= 0.6 is 23.2 Å². The normalized spacial score (nSPS) is 24.1. The van der Waals surface area contributed by atoms with E-state index in [1.165, 1.54) is 5.01 Å². The molecule has 1 fully saturated rings. The summed E-state index contributed by atoms with van der Waals surface area (Å²) in [6, 6.07) is 16.4. The van der Waals surface area contributed by atoms with Gasteiger partial charge in [0, 0.05) is 18.0 Å². The van der Waals surface area contributed by atoms with Crippen LogP contribution in [0.2, 0.25) is 5.02 Å². The first-order valence-electron chi connectivity index (χ1n) is 10.4. The van der Waals surface area contributed by atoms with Crippen LogP contribution in [-0.2, 0) is 10.2 Å². The van der Waals surface area contributed by atoms with Gasteiger partial charge in [-0.2, -0.15) is 17.8 Å². The zero-order chi connectivity index (χ0) is 23.8. The molecule has 33 heavy (non-hydrogen) atoms. The van der Waals surface area contributed by atoms with E-state index in [2.05, 4.69) is 9.50 Å². The van der Waals surface area contributed by atoms with Crippen LogP contribution in [0.25, 0.3) is 0 Å². The number of alkyl halides is 2. The smallest absolute Gasteiger partial charge is 0.233 e. The van der Waals surface area contributed by atoms with Gasteiger partial charge in [-0.25, -0.2) is 13.8 Å². The summed E-state index contributed by atoms with van der Waals surface area (Å²) >= 11 is 12.4. The molecule has 2 aliphatic rings. The molecule has 176 valence electrons. The lowest BCUT2D eigenvalue weighted by atomic mass is 9.86. The number of nitrogens with zero attached hydrogens (tertiary/aromatic N) is 4. The van der Waals surface area contributed by atoms with Gasteiger partial charge in [0.05, 0.1) is 24.2 Å². The fourth-order valence-electron chi connectivity index (χ4n) is 4.12. The average molecular weight is 515 g/mol. The molecule has 0 amide bonds. The Hall–Kier alpha value is -2.07. The molecule has 0 radical (unpaired) electrons. The van der Waals surface area contributed by atoms with E-state index < -0.39 is 28.0 Å². The zero-order valence-electron chi connectivity index (χ0n) is 17.7. The molecular formula is C22H22Cl2F2N4O2S. The van der Waals surface area contributed by atoms with Gasteiger partial charge < -0.3 is 0 Å². The third-order valence-corrected chi connectivity index (χ3v) is 7.72. The van der Waals surface area contributed by atoms with Crippen molar-refractivity contribution in [2.24, 2.45) is 9.50 Å². The van der Waals surface area contributed by atoms with Crippen molar-refractivity contribution in [2.45, 2.75) is 37.6 Å². The minimum atomic E-state index is -4.40. The number of amidine groups is 1. The van der Waals surface area contributed by atoms with Gasteiger partial charge in [-0.05, 0) is 48.2 Å². The van der Waals surface area contributed by atoms with Gasteiger partial charge in [0.2, 0.25) is 5.29 Å². The Balaban J connectivity index is 1.70. The van der Waals surface area contributed by atoms with E-state index in [9.17, 15) is 17.2 Å². The van der Waals surface area contributed by atoms with Crippen LogP contribution in [-0.4, -0.2) is 53.8 Å². The van der Waals surface area contributed by atoms with Gasteiger partial charge in [-0.1, -0.05) is 54.1 Å². The second-order valence-electron chi connectivity index (χ2n) is 8.10. The summed E-state index contributed by atoms with van der Waals surface area (Å²) in [6.45, 7) is 0.904. The molecule has 0 aliphatic carbocycles. The molecule has 0 unspecified atom stereocenters. The zero-order valence-corrected chi connectivity index (χ0v) is 20.0. The lowest BCUT2D eigenvalue weighted by molar-refractivity contribution is -0.0434. The Kier molecular flexibility index (Phi) is 6.77. The Labute approximate surface area is 201 Å². The van der Waals surface area contributed by atoms with E-state index in [-0.39, 0.29) is 31.3 Å². The van der Waals surface area contributed by atoms with Crippen molar-refractivity contribution >= 4 is 44.4 Å². The van der Waals surface area contributed by atoms with Crippen LogP contribution < -0.4 is 0 Å². The molecule has 0 bridgehead atoms. The second kappa shape index (κ2) is 9.29. The molecule has 11 heteroatoms. The lowest BCUT2D eigenvalue weighted by Crippen LogP contribution is -2.45. The van der Waals surface area contributed by atoms with Crippen molar-refractivity contribution in [3.63, 3.8) is 0 Å².